The molecule has 2 rings (SSSR count). The first-order chi connectivity index (χ1) is 6.89. The zero-order valence-corrected chi connectivity index (χ0v) is 10.1. The van der Waals surface area contributed by atoms with Gasteiger partial charge in [0.25, 0.3) is 0 Å². The van der Waals surface area contributed by atoms with Crippen molar-refractivity contribution in [3.63, 3.8) is 0 Å². The molecule has 1 aromatic heterocycles. The molecule has 0 aliphatic heterocycles. The summed E-state index contributed by atoms with van der Waals surface area (Å²) in [6, 6.07) is 6.53. The molecule has 1 heterocycles. The van der Waals surface area contributed by atoms with Crippen LogP contribution in [-0.4, -0.2) is 9.55 Å². The highest BCUT2D eigenvalue weighted by molar-refractivity contribution is 5.77. The largest absolute Gasteiger partial charge is 0.331 e. The molecule has 2 aromatic rings. The molecule has 2 heteroatoms. The van der Waals surface area contributed by atoms with E-state index in [1.807, 2.05) is 6.92 Å². The molecule has 0 spiro atoms. The van der Waals surface area contributed by atoms with Crippen LogP contribution in [0.15, 0.2) is 18.2 Å². The molecule has 0 bridgehead atoms. The normalized spacial score (nSPS) is 12.3. The van der Waals surface area contributed by atoms with E-state index in [2.05, 4.69) is 55.6 Å². The van der Waals surface area contributed by atoms with E-state index in [0.29, 0.717) is 0 Å². The molecule has 0 saturated carbocycles. The molecule has 0 aliphatic carbocycles. The summed E-state index contributed by atoms with van der Waals surface area (Å²) >= 11 is 0. The summed E-state index contributed by atoms with van der Waals surface area (Å²) in [6.45, 7) is 8.74. The fourth-order valence-corrected chi connectivity index (χ4v) is 1.78. The number of hydrogen-bond donors (Lipinski definition) is 0. The molecule has 1 aromatic carbocycles. The van der Waals surface area contributed by atoms with Gasteiger partial charge in [0.2, 0.25) is 0 Å². The van der Waals surface area contributed by atoms with E-state index < -0.39 is 0 Å². The monoisotopic (exact) mass is 202 g/mol. The van der Waals surface area contributed by atoms with Crippen molar-refractivity contribution in [2.24, 2.45) is 7.05 Å². The lowest BCUT2D eigenvalue weighted by Gasteiger charge is -2.18. The number of fused-ring (bicyclic) bond motifs is 1. The van der Waals surface area contributed by atoms with Gasteiger partial charge in [0.05, 0.1) is 11.0 Å². The highest BCUT2D eigenvalue weighted by Gasteiger charge is 2.15. The zero-order valence-electron chi connectivity index (χ0n) is 10.1. The van der Waals surface area contributed by atoms with E-state index in [0.717, 1.165) is 11.3 Å². The third-order valence-corrected chi connectivity index (χ3v) is 2.97. The summed E-state index contributed by atoms with van der Waals surface area (Å²) in [4.78, 5) is 4.50. The molecule has 0 N–H and O–H groups in total. The quantitative estimate of drug-likeness (QED) is 0.641. The third-order valence-electron chi connectivity index (χ3n) is 2.97. The van der Waals surface area contributed by atoms with Gasteiger partial charge in [-0.05, 0) is 30.0 Å². The Balaban J connectivity index is 2.70. The number of rotatable bonds is 0. The zero-order chi connectivity index (χ0) is 11.2. The number of aromatic nitrogens is 2. The van der Waals surface area contributed by atoms with Crippen LogP contribution in [0.5, 0.6) is 0 Å². The Morgan fingerprint density at radius 2 is 1.87 bits per heavy atom. The Morgan fingerprint density at radius 1 is 1.20 bits per heavy atom. The van der Waals surface area contributed by atoms with Gasteiger partial charge in [-0.2, -0.15) is 0 Å². The van der Waals surface area contributed by atoms with Gasteiger partial charge in [0.15, 0.2) is 0 Å². The second kappa shape index (κ2) is 3.09. The van der Waals surface area contributed by atoms with Gasteiger partial charge < -0.3 is 4.57 Å². The molecule has 80 valence electrons. The van der Waals surface area contributed by atoms with E-state index in [9.17, 15) is 0 Å². The highest BCUT2D eigenvalue weighted by atomic mass is 15.0. The summed E-state index contributed by atoms with van der Waals surface area (Å²) in [5, 5.41) is 0. The Bertz CT molecular complexity index is 501. The second-order valence-corrected chi connectivity index (χ2v) is 5.17. The Morgan fingerprint density at radius 3 is 2.47 bits per heavy atom. The van der Waals surface area contributed by atoms with Gasteiger partial charge in [-0.25, -0.2) is 4.98 Å². The first-order valence-electron chi connectivity index (χ1n) is 5.33. The molecule has 15 heavy (non-hydrogen) atoms. The molecular formula is C13H18N2. The number of aryl methyl sites for hydroxylation is 2. The molecule has 0 atom stereocenters. The minimum absolute atomic E-state index is 0.201. The number of nitrogens with zero attached hydrogens (tertiary/aromatic N) is 2. The van der Waals surface area contributed by atoms with Gasteiger partial charge in [0, 0.05) is 7.05 Å². The average Bonchev–Trinajstić information content (AvgIpc) is 2.41. The van der Waals surface area contributed by atoms with Crippen LogP contribution in [0.1, 0.15) is 32.2 Å². The highest BCUT2D eigenvalue weighted by Crippen LogP contribution is 2.25. The summed E-state index contributed by atoms with van der Waals surface area (Å²) < 4.78 is 2.14. The SMILES string of the molecule is Cc1nc2ccc(C(C)(C)C)cc2n1C. The van der Waals surface area contributed by atoms with Crippen molar-refractivity contribution in [2.75, 3.05) is 0 Å². The molecule has 0 aliphatic rings. The fraction of sp³-hybridized carbons (Fsp3) is 0.462. The molecule has 0 unspecified atom stereocenters. The van der Waals surface area contributed by atoms with E-state index in [1.165, 1.54) is 11.1 Å². The summed E-state index contributed by atoms with van der Waals surface area (Å²) in [5.41, 5.74) is 3.87. The average molecular weight is 202 g/mol. The van der Waals surface area contributed by atoms with E-state index in [-0.39, 0.29) is 5.41 Å². The number of imidazole rings is 1. The van der Waals surface area contributed by atoms with Crippen LogP contribution >= 0.6 is 0 Å². The maximum absolute atomic E-state index is 4.50. The number of hydrogen-bond acceptors (Lipinski definition) is 1. The van der Waals surface area contributed by atoms with Crippen molar-refractivity contribution in [3.05, 3.63) is 29.6 Å². The molecule has 2 nitrogen and oxygen atoms in total. The lowest BCUT2D eigenvalue weighted by molar-refractivity contribution is 0.591. The Labute approximate surface area is 90.9 Å². The van der Waals surface area contributed by atoms with Crippen molar-refractivity contribution in [2.45, 2.75) is 33.1 Å². The summed E-state index contributed by atoms with van der Waals surface area (Å²) in [6.07, 6.45) is 0. The first-order valence-corrected chi connectivity index (χ1v) is 5.33. The predicted octanol–water partition coefficient (Wildman–Crippen LogP) is 3.18. The molecular weight excluding hydrogens is 184 g/mol. The van der Waals surface area contributed by atoms with Crippen LogP contribution in [0, 0.1) is 6.92 Å². The minimum atomic E-state index is 0.201. The van der Waals surface area contributed by atoms with Crippen molar-refractivity contribution in [1.82, 2.24) is 9.55 Å². The van der Waals surface area contributed by atoms with Crippen LogP contribution in [-0.2, 0) is 12.5 Å². The summed E-state index contributed by atoms with van der Waals surface area (Å²) in [7, 11) is 2.07. The van der Waals surface area contributed by atoms with Crippen molar-refractivity contribution in [3.8, 4) is 0 Å². The van der Waals surface area contributed by atoms with E-state index in [1.54, 1.807) is 0 Å². The van der Waals surface area contributed by atoms with Crippen LogP contribution in [0.2, 0.25) is 0 Å². The number of benzene rings is 1. The van der Waals surface area contributed by atoms with Crippen molar-refractivity contribution in [1.29, 1.82) is 0 Å². The van der Waals surface area contributed by atoms with Crippen LogP contribution in [0.4, 0.5) is 0 Å². The van der Waals surface area contributed by atoms with Crippen LogP contribution < -0.4 is 0 Å². The van der Waals surface area contributed by atoms with Gasteiger partial charge in [-0.15, -0.1) is 0 Å². The van der Waals surface area contributed by atoms with E-state index in [4.69, 9.17) is 0 Å². The molecule has 0 amide bonds. The maximum Gasteiger partial charge on any atom is 0.106 e. The molecule has 0 radical (unpaired) electrons. The van der Waals surface area contributed by atoms with Gasteiger partial charge in [-0.3, -0.25) is 0 Å². The van der Waals surface area contributed by atoms with E-state index >= 15 is 0 Å². The topological polar surface area (TPSA) is 17.8 Å². The predicted molar refractivity (Wildman–Crippen MR) is 64.2 cm³/mol. The second-order valence-electron chi connectivity index (χ2n) is 5.17. The lowest BCUT2D eigenvalue weighted by Crippen LogP contribution is -2.10. The smallest absolute Gasteiger partial charge is 0.106 e. The maximum atomic E-state index is 4.50. The van der Waals surface area contributed by atoms with Gasteiger partial charge >= 0.3 is 0 Å². The molecule has 0 fully saturated rings. The van der Waals surface area contributed by atoms with Crippen LogP contribution in [0.3, 0.4) is 0 Å². The standard InChI is InChI=1S/C13H18N2/c1-9-14-11-7-6-10(13(2,3)4)8-12(11)15(9)5/h6-8H,1-5H3. The van der Waals surface area contributed by atoms with Gasteiger partial charge in [0.1, 0.15) is 5.82 Å². The Hall–Kier alpha value is -1.31. The van der Waals surface area contributed by atoms with Crippen molar-refractivity contribution >= 4 is 11.0 Å². The molecule has 0 saturated heterocycles. The lowest BCUT2D eigenvalue weighted by atomic mass is 9.87. The Kier molecular flexibility index (Phi) is 2.10. The minimum Gasteiger partial charge on any atom is -0.331 e. The summed E-state index contributed by atoms with van der Waals surface area (Å²) in [5.74, 6) is 1.07. The fourth-order valence-electron chi connectivity index (χ4n) is 1.78. The first kappa shape index (κ1) is 10.2. The van der Waals surface area contributed by atoms with Crippen LogP contribution in [0.25, 0.3) is 11.0 Å². The van der Waals surface area contributed by atoms with Crippen molar-refractivity contribution < 1.29 is 0 Å². The third kappa shape index (κ3) is 1.65. The van der Waals surface area contributed by atoms with Gasteiger partial charge in [-0.1, -0.05) is 26.8 Å².